The molecule has 7 heteroatoms. The van der Waals surface area contributed by atoms with Crippen molar-refractivity contribution in [2.75, 3.05) is 0 Å². The van der Waals surface area contributed by atoms with Crippen LogP contribution in [0.5, 0.6) is 0 Å². The zero-order chi connectivity index (χ0) is 18.8. The Morgan fingerprint density at radius 1 is 1.46 bits per heavy atom. The van der Waals surface area contributed by atoms with E-state index < -0.39 is 5.41 Å². The minimum absolute atomic E-state index is 0.0578. The first-order chi connectivity index (χ1) is 12.3. The van der Waals surface area contributed by atoms with Gasteiger partial charge in [-0.15, -0.1) is 0 Å². The summed E-state index contributed by atoms with van der Waals surface area (Å²) < 4.78 is 3.31. The quantitative estimate of drug-likeness (QED) is 0.448. The van der Waals surface area contributed by atoms with Crippen LogP contribution in [0.2, 0.25) is 0 Å². The molecule has 3 atom stereocenters. The van der Waals surface area contributed by atoms with Crippen molar-refractivity contribution >= 4 is 5.78 Å². The Labute approximate surface area is 151 Å². The number of aromatic nitrogens is 4. The molecule has 0 spiro atoms. The van der Waals surface area contributed by atoms with Crippen LogP contribution in [-0.2, 0) is 30.7 Å². The predicted molar refractivity (Wildman–Crippen MR) is 94.6 cm³/mol. The minimum atomic E-state index is -0.445. The van der Waals surface area contributed by atoms with Crippen LogP contribution in [0.3, 0.4) is 0 Å². The van der Waals surface area contributed by atoms with Crippen molar-refractivity contribution < 1.29 is 9.64 Å². The van der Waals surface area contributed by atoms with Crippen LogP contribution in [-0.4, -0.2) is 20.2 Å². The fraction of sp³-hybridized carbons (Fsp3) is 0.474. The number of carbonyl (C=O) groups is 1. The lowest BCUT2D eigenvalue weighted by Gasteiger charge is -2.44. The van der Waals surface area contributed by atoms with Gasteiger partial charge in [0.05, 0.1) is 36.8 Å². The van der Waals surface area contributed by atoms with Gasteiger partial charge in [-0.25, -0.2) is 4.85 Å². The number of rotatable bonds is 1. The van der Waals surface area contributed by atoms with Crippen molar-refractivity contribution in [2.45, 2.75) is 32.1 Å². The van der Waals surface area contributed by atoms with Crippen molar-refractivity contribution in [3.05, 3.63) is 52.0 Å². The van der Waals surface area contributed by atoms with Crippen LogP contribution in [0.1, 0.15) is 31.5 Å². The largest absolute Gasteiger partial charge is 0.596 e. The van der Waals surface area contributed by atoms with Gasteiger partial charge in [0.2, 0.25) is 11.9 Å². The fourth-order valence-corrected chi connectivity index (χ4v) is 4.80. The molecule has 0 radical (unpaired) electrons. The van der Waals surface area contributed by atoms with E-state index in [4.69, 9.17) is 11.7 Å². The first-order valence-electron chi connectivity index (χ1n) is 8.75. The zero-order valence-corrected chi connectivity index (χ0v) is 15.4. The molecule has 0 amide bonds. The molecule has 2 aromatic heterocycles. The average Bonchev–Trinajstić information content (AvgIpc) is 3.10. The zero-order valence-electron chi connectivity index (χ0n) is 15.4. The first kappa shape index (κ1) is 16.6. The van der Waals surface area contributed by atoms with Crippen LogP contribution in [0, 0.1) is 23.6 Å². The third kappa shape index (κ3) is 2.02. The Balaban J connectivity index is 1.94. The maximum atomic E-state index is 12.5. The maximum absolute atomic E-state index is 12.5. The van der Waals surface area contributed by atoms with E-state index in [0.717, 1.165) is 40.2 Å². The van der Waals surface area contributed by atoms with E-state index in [1.165, 1.54) is 4.68 Å². The molecule has 4 rings (SSSR count). The van der Waals surface area contributed by atoms with E-state index in [-0.39, 0.29) is 23.3 Å². The molecule has 0 aromatic carbocycles. The van der Waals surface area contributed by atoms with Crippen LogP contribution < -0.4 is 4.85 Å². The number of carbonyl (C=O) groups excluding carboxylic acids is 1. The van der Waals surface area contributed by atoms with Gasteiger partial charge in [0.15, 0.2) is 5.78 Å². The number of fused-ring (bicyclic) bond motifs is 3. The molecule has 134 valence electrons. The maximum Gasteiger partial charge on any atom is 0.226 e. The Hall–Kier alpha value is -2.88. The number of aryl methyl sites for hydroxylation is 2. The first-order valence-corrected chi connectivity index (χ1v) is 8.75. The van der Waals surface area contributed by atoms with Crippen LogP contribution in [0.4, 0.5) is 0 Å². The summed E-state index contributed by atoms with van der Waals surface area (Å²) in [5.74, 6) is -0.110. The Bertz CT molecular complexity index is 987. The normalized spacial score (nSPS) is 27.5. The van der Waals surface area contributed by atoms with Gasteiger partial charge in [-0.1, -0.05) is 24.8 Å². The van der Waals surface area contributed by atoms with Crippen LogP contribution in [0.15, 0.2) is 24.2 Å². The molecule has 0 unspecified atom stereocenters. The number of hydrogen-bond donors (Lipinski definition) is 0. The smallest absolute Gasteiger partial charge is 0.226 e. The van der Waals surface area contributed by atoms with Gasteiger partial charge < -0.3 is 10.0 Å². The van der Waals surface area contributed by atoms with Gasteiger partial charge in [-0.2, -0.15) is 9.78 Å². The van der Waals surface area contributed by atoms with Gasteiger partial charge in [0, 0.05) is 23.9 Å². The number of allylic oxidation sites excluding steroid dienone is 2. The molecule has 0 bridgehead atoms. The summed E-state index contributed by atoms with van der Waals surface area (Å²) in [7, 11) is 3.58. The summed E-state index contributed by atoms with van der Waals surface area (Å²) in [4.78, 5) is 16.7. The summed E-state index contributed by atoms with van der Waals surface area (Å²) in [6.45, 7) is 11.4. The highest BCUT2D eigenvalue weighted by Gasteiger charge is 2.50. The molecule has 0 saturated carbocycles. The van der Waals surface area contributed by atoms with E-state index in [2.05, 4.69) is 11.8 Å². The summed E-state index contributed by atoms with van der Waals surface area (Å²) in [6.07, 6.45) is 6.85. The summed E-state index contributed by atoms with van der Waals surface area (Å²) in [5.41, 5.74) is 3.57. The second-order valence-corrected chi connectivity index (χ2v) is 7.61. The SMILES string of the molecule is [C-]#[N+]C1=C[C@]2(C)c3nn(C)c(-c4cn(C)[n+]([O-])c4)c3CC[C@H]2[C@H](C)C1=O. The standard InChI is InChI=1S/C19H21N5O2/c1-11-14-7-6-13-16(12-9-22(4)24(26)10-12)23(5)21-18(13)19(14,2)8-15(20-3)17(11)25/h8-11,14H,6-7H2,1-2,4-5H3/t11-,14-,19-/m0/s1. The summed E-state index contributed by atoms with van der Waals surface area (Å²) in [6, 6.07) is 0. The topological polar surface area (TPSA) is 71.1 Å². The number of Topliss-reactive ketones (excluding diaryl/α,β-unsaturated/α-hetero) is 1. The highest BCUT2D eigenvalue weighted by atomic mass is 16.5. The number of ketones is 1. The molecule has 0 saturated heterocycles. The van der Waals surface area contributed by atoms with Gasteiger partial charge in [-0.05, 0) is 18.8 Å². The predicted octanol–water partition coefficient (Wildman–Crippen LogP) is 1.90. The van der Waals surface area contributed by atoms with Crippen LogP contribution >= 0.6 is 0 Å². The highest BCUT2D eigenvalue weighted by Crippen LogP contribution is 2.51. The van der Waals surface area contributed by atoms with Gasteiger partial charge >= 0.3 is 0 Å². The second-order valence-electron chi connectivity index (χ2n) is 7.61. The molecule has 0 fully saturated rings. The third-order valence-electron chi connectivity index (χ3n) is 6.12. The Morgan fingerprint density at radius 3 is 2.81 bits per heavy atom. The molecular formula is C19H21N5O2. The minimum Gasteiger partial charge on any atom is -0.596 e. The molecule has 2 aliphatic rings. The molecule has 26 heavy (non-hydrogen) atoms. The number of hydrogen-bond acceptors (Lipinski definition) is 3. The molecule has 2 heterocycles. The summed E-state index contributed by atoms with van der Waals surface area (Å²) in [5, 5.41) is 16.6. The molecule has 0 aliphatic heterocycles. The lowest BCUT2D eigenvalue weighted by molar-refractivity contribution is -0.691. The van der Waals surface area contributed by atoms with Crippen molar-refractivity contribution in [1.82, 2.24) is 14.5 Å². The molecule has 7 nitrogen and oxygen atoms in total. The average molecular weight is 351 g/mol. The van der Waals surface area contributed by atoms with Gasteiger partial charge in [0.25, 0.3) is 0 Å². The highest BCUT2D eigenvalue weighted by molar-refractivity contribution is 6.00. The van der Waals surface area contributed by atoms with Gasteiger partial charge in [-0.3, -0.25) is 4.68 Å². The Kier molecular flexibility index (Phi) is 3.38. The van der Waals surface area contributed by atoms with E-state index in [0.29, 0.717) is 0 Å². The second kappa shape index (κ2) is 5.31. The molecule has 2 aliphatic carbocycles. The van der Waals surface area contributed by atoms with Gasteiger partial charge in [0.1, 0.15) is 0 Å². The van der Waals surface area contributed by atoms with Crippen LogP contribution in [0.25, 0.3) is 16.1 Å². The lowest BCUT2D eigenvalue weighted by Crippen LogP contribution is -2.45. The van der Waals surface area contributed by atoms with Crippen molar-refractivity contribution in [3.8, 4) is 11.3 Å². The van der Waals surface area contributed by atoms with E-state index in [9.17, 15) is 10.0 Å². The number of nitrogens with zero attached hydrogens (tertiary/aromatic N) is 5. The third-order valence-corrected chi connectivity index (χ3v) is 6.12. The molecule has 0 N–H and O–H groups in total. The van der Waals surface area contributed by atoms with E-state index in [1.54, 1.807) is 19.4 Å². The van der Waals surface area contributed by atoms with E-state index >= 15 is 0 Å². The van der Waals surface area contributed by atoms with Crippen molar-refractivity contribution in [2.24, 2.45) is 25.9 Å². The molecular weight excluding hydrogens is 330 g/mol. The Morgan fingerprint density at radius 2 is 2.19 bits per heavy atom. The molecule has 2 aromatic rings. The summed E-state index contributed by atoms with van der Waals surface area (Å²) >= 11 is 0. The lowest BCUT2D eigenvalue weighted by atomic mass is 9.58. The van der Waals surface area contributed by atoms with Crippen molar-refractivity contribution in [3.63, 3.8) is 0 Å². The fourth-order valence-electron chi connectivity index (χ4n) is 4.80. The van der Waals surface area contributed by atoms with E-state index in [1.807, 2.05) is 24.7 Å². The monoisotopic (exact) mass is 351 g/mol. The van der Waals surface area contributed by atoms with Crippen molar-refractivity contribution in [1.29, 1.82) is 0 Å².